The number of oxazole rings is 1. The van der Waals surface area contributed by atoms with Crippen LogP contribution in [0, 0.1) is 0 Å². The maximum Gasteiger partial charge on any atom is 0.357 e. The minimum atomic E-state index is -1.11. The molecule has 0 amide bonds. The zero-order valence-electron chi connectivity index (χ0n) is 10.8. The van der Waals surface area contributed by atoms with Crippen LogP contribution in [0.2, 0.25) is 0 Å². The fraction of sp³-hybridized carbons (Fsp3) is 0.286. The summed E-state index contributed by atoms with van der Waals surface area (Å²) in [6.45, 7) is 4.27. The van der Waals surface area contributed by atoms with E-state index in [2.05, 4.69) is 18.8 Å². The lowest BCUT2D eigenvalue weighted by atomic mass is 10.0. The van der Waals surface area contributed by atoms with Gasteiger partial charge in [0, 0.05) is 0 Å². The van der Waals surface area contributed by atoms with Crippen molar-refractivity contribution in [1.29, 1.82) is 0 Å². The molecule has 0 saturated carbocycles. The molecule has 0 aliphatic carbocycles. The number of hydrogen-bond acceptors (Lipinski definition) is 4. The predicted molar refractivity (Wildman–Crippen MR) is 68.3 cm³/mol. The number of nitrogens with zero attached hydrogens (tertiary/aromatic N) is 1. The zero-order valence-corrected chi connectivity index (χ0v) is 10.8. The number of aromatic carboxylic acids is 1. The third kappa shape index (κ3) is 3.13. The molecule has 0 aliphatic rings. The second-order valence-electron chi connectivity index (χ2n) is 4.41. The van der Waals surface area contributed by atoms with E-state index in [1.165, 1.54) is 0 Å². The second kappa shape index (κ2) is 5.56. The highest BCUT2D eigenvalue weighted by atomic mass is 16.5. The molecule has 1 aromatic carbocycles. The molecular weight excluding hydrogens is 246 g/mol. The normalized spacial score (nSPS) is 10.7. The highest BCUT2D eigenvalue weighted by Gasteiger charge is 2.12. The number of hydrogen-bond donors (Lipinski definition) is 1. The zero-order chi connectivity index (χ0) is 13.8. The monoisotopic (exact) mass is 261 g/mol. The van der Waals surface area contributed by atoms with Gasteiger partial charge in [-0.2, -0.15) is 0 Å². The molecule has 1 N–H and O–H groups in total. The van der Waals surface area contributed by atoms with Gasteiger partial charge in [0.25, 0.3) is 0 Å². The molecule has 1 heterocycles. The summed E-state index contributed by atoms with van der Waals surface area (Å²) < 4.78 is 10.7. The first-order chi connectivity index (χ1) is 9.08. The molecule has 0 atom stereocenters. The standard InChI is InChI=1S/C14H15NO4/c1-9(2)10-5-3-4-6-12(10)18-8-13-15-11(7-19-13)14(16)17/h3-7,9H,8H2,1-2H3,(H,16,17). The summed E-state index contributed by atoms with van der Waals surface area (Å²) >= 11 is 0. The van der Waals surface area contributed by atoms with E-state index in [1.807, 2.05) is 24.3 Å². The van der Waals surface area contributed by atoms with Gasteiger partial charge in [0.15, 0.2) is 12.3 Å². The maximum absolute atomic E-state index is 10.7. The van der Waals surface area contributed by atoms with Gasteiger partial charge < -0.3 is 14.3 Å². The van der Waals surface area contributed by atoms with Crippen LogP contribution < -0.4 is 4.74 Å². The molecule has 100 valence electrons. The van der Waals surface area contributed by atoms with Crippen molar-refractivity contribution in [3.8, 4) is 5.75 Å². The number of benzene rings is 1. The maximum atomic E-state index is 10.7. The summed E-state index contributed by atoms with van der Waals surface area (Å²) in [7, 11) is 0. The van der Waals surface area contributed by atoms with E-state index in [0.717, 1.165) is 17.6 Å². The number of carboxylic acid groups (broad SMARTS) is 1. The van der Waals surface area contributed by atoms with Crippen molar-refractivity contribution in [2.45, 2.75) is 26.4 Å². The van der Waals surface area contributed by atoms with Gasteiger partial charge in [-0.1, -0.05) is 32.0 Å². The third-order valence-corrected chi connectivity index (χ3v) is 2.66. The Bertz CT molecular complexity index is 574. The SMILES string of the molecule is CC(C)c1ccccc1OCc1nc(C(=O)O)co1. The van der Waals surface area contributed by atoms with E-state index in [9.17, 15) is 4.79 Å². The molecule has 2 rings (SSSR count). The number of aromatic nitrogens is 1. The van der Waals surface area contributed by atoms with E-state index in [1.54, 1.807) is 0 Å². The highest BCUT2D eigenvalue weighted by molar-refractivity contribution is 5.84. The Labute approximate surface area is 110 Å². The van der Waals surface area contributed by atoms with Gasteiger partial charge in [-0.3, -0.25) is 0 Å². The average Bonchev–Trinajstić information content (AvgIpc) is 2.85. The molecule has 5 nitrogen and oxygen atoms in total. The van der Waals surface area contributed by atoms with E-state index in [-0.39, 0.29) is 18.2 Å². The Morgan fingerprint density at radius 1 is 1.42 bits per heavy atom. The minimum Gasteiger partial charge on any atom is -0.484 e. The molecule has 0 spiro atoms. The summed E-state index contributed by atoms with van der Waals surface area (Å²) in [6.07, 6.45) is 1.11. The van der Waals surface area contributed by atoms with Crippen LogP contribution in [0.1, 0.15) is 41.7 Å². The van der Waals surface area contributed by atoms with Crippen molar-refractivity contribution in [2.24, 2.45) is 0 Å². The Balaban J connectivity index is 2.08. The van der Waals surface area contributed by atoms with Gasteiger partial charge in [0.05, 0.1) is 0 Å². The van der Waals surface area contributed by atoms with Gasteiger partial charge in [0.1, 0.15) is 12.0 Å². The largest absolute Gasteiger partial charge is 0.484 e. The van der Waals surface area contributed by atoms with Crippen molar-refractivity contribution in [2.75, 3.05) is 0 Å². The first-order valence-corrected chi connectivity index (χ1v) is 5.97. The predicted octanol–water partition coefficient (Wildman–Crippen LogP) is 3.08. The summed E-state index contributed by atoms with van der Waals surface area (Å²) in [4.78, 5) is 14.5. The number of carbonyl (C=O) groups is 1. The van der Waals surface area contributed by atoms with Crippen LogP contribution in [0.3, 0.4) is 0 Å². The van der Waals surface area contributed by atoms with Gasteiger partial charge in [0.2, 0.25) is 5.89 Å². The second-order valence-corrected chi connectivity index (χ2v) is 4.41. The molecule has 0 saturated heterocycles. The van der Waals surface area contributed by atoms with Crippen LogP contribution in [0.25, 0.3) is 0 Å². The van der Waals surface area contributed by atoms with Gasteiger partial charge >= 0.3 is 5.97 Å². The van der Waals surface area contributed by atoms with Gasteiger partial charge in [-0.15, -0.1) is 0 Å². The fourth-order valence-corrected chi connectivity index (χ4v) is 1.70. The Morgan fingerprint density at radius 3 is 2.79 bits per heavy atom. The van der Waals surface area contributed by atoms with Crippen molar-refractivity contribution >= 4 is 5.97 Å². The van der Waals surface area contributed by atoms with Crippen LogP contribution in [0.5, 0.6) is 5.75 Å². The lowest BCUT2D eigenvalue weighted by Gasteiger charge is -2.12. The van der Waals surface area contributed by atoms with Crippen molar-refractivity contribution in [3.05, 3.63) is 47.7 Å². The van der Waals surface area contributed by atoms with E-state index >= 15 is 0 Å². The third-order valence-electron chi connectivity index (χ3n) is 2.66. The molecule has 5 heteroatoms. The van der Waals surface area contributed by atoms with Gasteiger partial charge in [-0.05, 0) is 17.5 Å². The van der Waals surface area contributed by atoms with Crippen molar-refractivity contribution < 1.29 is 19.1 Å². The molecule has 0 bridgehead atoms. The smallest absolute Gasteiger partial charge is 0.357 e. The summed E-state index contributed by atoms with van der Waals surface area (Å²) in [5, 5.41) is 8.74. The molecule has 0 unspecified atom stereocenters. The van der Waals surface area contributed by atoms with Crippen molar-refractivity contribution in [3.63, 3.8) is 0 Å². The Morgan fingerprint density at radius 2 is 2.16 bits per heavy atom. The average molecular weight is 261 g/mol. The summed E-state index contributed by atoms with van der Waals surface area (Å²) in [6, 6.07) is 7.71. The molecule has 0 radical (unpaired) electrons. The first-order valence-electron chi connectivity index (χ1n) is 5.97. The summed E-state index contributed by atoms with van der Waals surface area (Å²) in [5.41, 5.74) is 0.975. The molecule has 0 fully saturated rings. The molecule has 1 aromatic heterocycles. The first kappa shape index (κ1) is 13.1. The topological polar surface area (TPSA) is 72.6 Å². The van der Waals surface area contributed by atoms with Crippen LogP contribution >= 0.6 is 0 Å². The fourth-order valence-electron chi connectivity index (χ4n) is 1.70. The lowest BCUT2D eigenvalue weighted by molar-refractivity contribution is 0.0690. The number of para-hydroxylation sites is 1. The Kier molecular flexibility index (Phi) is 3.85. The van der Waals surface area contributed by atoms with Crippen LogP contribution in [-0.2, 0) is 6.61 Å². The van der Waals surface area contributed by atoms with E-state index < -0.39 is 5.97 Å². The lowest BCUT2D eigenvalue weighted by Crippen LogP contribution is -2.01. The van der Waals surface area contributed by atoms with Crippen LogP contribution in [0.4, 0.5) is 0 Å². The highest BCUT2D eigenvalue weighted by Crippen LogP contribution is 2.26. The molecule has 2 aromatic rings. The van der Waals surface area contributed by atoms with Gasteiger partial charge in [-0.25, -0.2) is 9.78 Å². The number of rotatable bonds is 5. The Hall–Kier alpha value is -2.30. The van der Waals surface area contributed by atoms with Crippen LogP contribution in [0.15, 0.2) is 34.9 Å². The summed E-state index contributed by atoms with van der Waals surface area (Å²) in [5.74, 6) is 0.233. The minimum absolute atomic E-state index is 0.108. The quantitative estimate of drug-likeness (QED) is 0.895. The number of ether oxygens (including phenoxy) is 1. The van der Waals surface area contributed by atoms with E-state index in [0.29, 0.717) is 5.92 Å². The van der Waals surface area contributed by atoms with Crippen LogP contribution in [-0.4, -0.2) is 16.1 Å². The molecule has 0 aliphatic heterocycles. The van der Waals surface area contributed by atoms with E-state index in [4.69, 9.17) is 14.3 Å². The number of carboxylic acids is 1. The molecular formula is C14H15NO4. The molecule has 19 heavy (non-hydrogen) atoms. The van der Waals surface area contributed by atoms with Crippen molar-refractivity contribution in [1.82, 2.24) is 4.98 Å².